The zero-order valence-electron chi connectivity index (χ0n) is 50.7. The Morgan fingerprint density at radius 1 is 0.586 bits per heavy atom. The highest BCUT2D eigenvalue weighted by Crippen LogP contribution is 2.20. The minimum atomic E-state index is -1.38. The van der Waals surface area contributed by atoms with Crippen LogP contribution in [0, 0.1) is 23.2 Å². The summed E-state index contributed by atoms with van der Waals surface area (Å²) in [6.45, 7) is 11.6. The van der Waals surface area contributed by atoms with Crippen LogP contribution in [0.15, 0.2) is 60.8 Å². The molecular formula is C59H91N15O13. The van der Waals surface area contributed by atoms with E-state index >= 15 is 0 Å². The van der Waals surface area contributed by atoms with E-state index in [0.717, 1.165) is 10.9 Å². The molecule has 2 aromatic carbocycles. The van der Waals surface area contributed by atoms with Crippen molar-refractivity contribution < 1.29 is 63.0 Å². The maximum atomic E-state index is 14.7. The van der Waals surface area contributed by atoms with Crippen LogP contribution in [-0.4, -0.2) is 160 Å². The van der Waals surface area contributed by atoms with Crippen LogP contribution < -0.4 is 70.4 Å². The second-order valence-electron chi connectivity index (χ2n) is 22.4. The number of unbranched alkanes of at least 4 members (excludes halogenated alkanes) is 1. The van der Waals surface area contributed by atoms with Gasteiger partial charge in [0.25, 0.3) is 0 Å². The highest BCUT2D eigenvalue weighted by molar-refractivity contribution is 5.99. The van der Waals surface area contributed by atoms with Crippen LogP contribution in [0.4, 0.5) is 0 Å². The predicted molar refractivity (Wildman–Crippen MR) is 325 cm³/mol. The van der Waals surface area contributed by atoms with Crippen molar-refractivity contribution in [2.24, 2.45) is 35.0 Å². The number of H-pyrrole nitrogens is 1. The van der Waals surface area contributed by atoms with E-state index in [1.54, 1.807) is 70.3 Å². The van der Waals surface area contributed by atoms with Crippen molar-refractivity contribution in [3.8, 4) is 0 Å². The maximum absolute atomic E-state index is 14.7. The van der Waals surface area contributed by atoms with E-state index in [1.165, 1.54) is 6.92 Å². The lowest BCUT2D eigenvalue weighted by Crippen LogP contribution is -2.61. The van der Waals surface area contributed by atoms with Crippen LogP contribution in [0.2, 0.25) is 0 Å². The summed E-state index contributed by atoms with van der Waals surface area (Å²) in [5.74, 6) is -11.1. The number of rotatable bonds is 39. The number of carboxylic acid groups (broad SMARTS) is 2. The van der Waals surface area contributed by atoms with Crippen LogP contribution in [-0.2, 0) is 65.6 Å². The van der Waals surface area contributed by atoms with Gasteiger partial charge in [-0.3, -0.25) is 53.4 Å². The van der Waals surface area contributed by atoms with Crippen molar-refractivity contribution in [2.75, 3.05) is 19.6 Å². The molecule has 3 rings (SSSR count). The third-order valence-corrected chi connectivity index (χ3v) is 14.4. The Labute approximate surface area is 506 Å². The average Bonchev–Trinajstić information content (AvgIpc) is 3.35. The number of benzene rings is 2. The number of carboxylic acids is 2. The molecular weight excluding hydrogens is 1130 g/mol. The van der Waals surface area contributed by atoms with Gasteiger partial charge in [-0.15, -0.1) is 0 Å². The average molecular weight is 1220 g/mol. The van der Waals surface area contributed by atoms with E-state index in [2.05, 4.69) is 58.2 Å². The summed E-state index contributed by atoms with van der Waals surface area (Å²) in [6.07, 6.45) is 2.59. The molecule has 87 heavy (non-hydrogen) atoms. The second-order valence-corrected chi connectivity index (χ2v) is 22.4. The third-order valence-electron chi connectivity index (χ3n) is 14.4. The van der Waals surface area contributed by atoms with Crippen LogP contribution in [0.1, 0.15) is 117 Å². The van der Waals surface area contributed by atoms with Gasteiger partial charge in [0.1, 0.15) is 48.3 Å². The van der Waals surface area contributed by atoms with Gasteiger partial charge >= 0.3 is 11.9 Å². The van der Waals surface area contributed by atoms with E-state index < -0.39 is 138 Å². The van der Waals surface area contributed by atoms with E-state index in [4.69, 9.17) is 27.7 Å². The zero-order chi connectivity index (χ0) is 64.9. The van der Waals surface area contributed by atoms with Crippen molar-refractivity contribution in [2.45, 2.75) is 173 Å². The number of aliphatic carboxylic acids is 2. The first-order chi connectivity index (χ1) is 41.1. The number of hydrogen-bond acceptors (Lipinski definition) is 14. The van der Waals surface area contributed by atoms with Gasteiger partial charge in [-0.25, -0.2) is 4.79 Å². The summed E-state index contributed by atoms with van der Waals surface area (Å²) in [7, 11) is 0. The highest BCUT2D eigenvalue weighted by atomic mass is 16.4. The molecule has 0 fully saturated rings. The normalized spacial score (nSPS) is 14.7. The molecule has 0 unspecified atom stereocenters. The minimum absolute atomic E-state index is 0.00672. The molecule has 0 saturated heterocycles. The minimum Gasteiger partial charge on any atom is -0.481 e. The summed E-state index contributed by atoms with van der Waals surface area (Å²) in [6, 6.07) is 4.42. The standard InChI is InChI=1S/C59H91N15O13/c1-8-34(6)49(74-55(83)44(28-36-17-10-9-11-18-36)71-51(79)39(61)23-24-47(76)77)57(85)67-35(7)50(78)70-45(29-37-30-65-40-20-13-12-19-38(37)40)53(81)72-43(27-32(2)3)54(82)73-48(33(4)5)56(84)69-41(21-14-15-25-60)52(80)66-31-46(75)68-42(58(86)87)22-16-26-64-59(62)63/h9-13,17-20,30,32-35,39,41-45,48-49,65H,8,14-16,21-29,31,60-61H2,1-7H3,(H,66,80)(H,67,85)(H,68,75)(H,69,84)(H,70,78)(H,71,79)(H,72,81)(H,73,82)(H,74,83)(H,76,77)(H,86,87)(H4,62,63,64)/t34-,35-,39-,41-,42-,43-,44-,45-,48-,49-/m0/s1. The molecule has 10 atom stereocenters. The summed E-state index contributed by atoms with van der Waals surface area (Å²) in [5.41, 5.74) is 19.0. The molecule has 28 nitrogen and oxygen atoms in total. The van der Waals surface area contributed by atoms with E-state index in [-0.39, 0.29) is 76.3 Å². The molecule has 28 heteroatoms. The molecule has 0 spiro atoms. The fourth-order valence-corrected chi connectivity index (χ4v) is 9.21. The molecule has 3 aromatic rings. The van der Waals surface area contributed by atoms with E-state index in [1.807, 2.05) is 32.0 Å². The molecule has 9 amide bonds. The van der Waals surface area contributed by atoms with Crippen LogP contribution in [0.3, 0.4) is 0 Å². The van der Waals surface area contributed by atoms with E-state index in [9.17, 15) is 57.8 Å². The van der Waals surface area contributed by atoms with Gasteiger partial charge < -0.3 is 85.6 Å². The van der Waals surface area contributed by atoms with Gasteiger partial charge in [0.15, 0.2) is 5.96 Å². The summed E-state index contributed by atoms with van der Waals surface area (Å²) in [4.78, 5) is 152. The monoisotopic (exact) mass is 1220 g/mol. The number of carbonyl (C=O) groups is 11. The van der Waals surface area contributed by atoms with Gasteiger partial charge in [0.05, 0.1) is 12.6 Å². The Kier molecular flexibility index (Phi) is 30.9. The number of fused-ring (bicyclic) bond motifs is 1. The first kappa shape index (κ1) is 72.6. The second kappa shape index (κ2) is 37.0. The Morgan fingerprint density at radius 3 is 1.78 bits per heavy atom. The molecule has 0 aliphatic rings. The Morgan fingerprint density at radius 2 is 1.16 bits per heavy atom. The molecule has 1 aromatic heterocycles. The first-order valence-electron chi connectivity index (χ1n) is 29.4. The number of nitrogens with two attached hydrogens (primary N) is 3. The number of aromatic nitrogens is 1. The molecule has 0 bridgehead atoms. The van der Waals surface area contributed by atoms with Gasteiger partial charge in [0, 0.05) is 42.9 Å². The van der Waals surface area contributed by atoms with Gasteiger partial charge in [0.2, 0.25) is 53.2 Å². The van der Waals surface area contributed by atoms with Gasteiger partial charge in [-0.2, -0.15) is 0 Å². The van der Waals surface area contributed by atoms with Crippen molar-refractivity contribution in [1.82, 2.24) is 58.2 Å². The lowest BCUT2D eigenvalue weighted by Gasteiger charge is -2.29. The van der Waals surface area contributed by atoms with Crippen LogP contribution >= 0.6 is 0 Å². The van der Waals surface area contributed by atoms with Crippen LogP contribution in [0.25, 0.3) is 10.9 Å². The molecule has 0 aliphatic carbocycles. The quantitative estimate of drug-likeness (QED) is 0.0192. The molecule has 20 N–H and O–H groups in total. The fraction of sp³-hybridized carbons (Fsp3) is 0.559. The SMILES string of the molecule is CC[C@H](C)[C@H](NC(=O)[C@H](Cc1ccccc1)NC(=O)[C@@H](N)CCC(=O)O)C(=O)N[C@@H](C)C(=O)N[C@@H](Cc1c[nH]c2ccccc12)C(=O)N[C@@H](CC(C)C)C(=O)N[C@H](C(=O)N[C@@H](CCCCN)C(=O)NCC(=O)N[C@@H](CCCNC(=N)N)C(=O)O)C(C)C. The fourth-order valence-electron chi connectivity index (χ4n) is 9.21. The van der Waals surface area contributed by atoms with E-state index in [0.29, 0.717) is 30.4 Å². The smallest absolute Gasteiger partial charge is 0.326 e. The van der Waals surface area contributed by atoms with Crippen molar-refractivity contribution in [1.29, 1.82) is 5.41 Å². The highest BCUT2D eigenvalue weighted by Gasteiger charge is 2.36. The maximum Gasteiger partial charge on any atom is 0.326 e. The summed E-state index contributed by atoms with van der Waals surface area (Å²) < 4.78 is 0. The molecule has 480 valence electrons. The van der Waals surface area contributed by atoms with Gasteiger partial charge in [-0.05, 0) is 93.4 Å². The van der Waals surface area contributed by atoms with Crippen molar-refractivity contribution in [3.63, 3.8) is 0 Å². The van der Waals surface area contributed by atoms with Gasteiger partial charge in [-0.1, -0.05) is 96.5 Å². The summed E-state index contributed by atoms with van der Waals surface area (Å²) in [5, 5.41) is 53.1. The first-order valence-corrected chi connectivity index (χ1v) is 29.4. The largest absolute Gasteiger partial charge is 0.481 e. The number of guanidine groups is 1. The lowest BCUT2D eigenvalue weighted by molar-refractivity contribution is -0.142. The summed E-state index contributed by atoms with van der Waals surface area (Å²) >= 11 is 0. The number of nitrogens with one attached hydrogen (secondary N) is 12. The topological polar surface area (TPSA) is 466 Å². The third kappa shape index (κ3) is 25.4. The number of amides is 9. The number of para-hydroxylation sites is 1. The number of carbonyl (C=O) groups excluding carboxylic acids is 9. The number of aromatic amines is 1. The predicted octanol–water partition coefficient (Wildman–Crippen LogP) is -0.615. The molecule has 0 radical (unpaired) electrons. The Bertz CT molecular complexity index is 2810. The van der Waals surface area contributed by atoms with Crippen LogP contribution in [0.5, 0.6) is 0 Å². The van der Waals surface area contributed by atoms with Crippen molar-refractivity contribution >= 4 is 82.0 Å². The molecule has 0 aliphatic heterocycles. The Hall–Kier alpha value is -8.66. The van der Waals surface area contributed by atoms with Crippen molar-refractivity contribution in [3.05, 3.63) is 71.9 Å². The molecule has 1 heterocycles. The molecule has 0 saturated carbocycles. The number of hydrogen-bond donors (Lipinski definition) is 17. The zero-order valence-corrected chi connectivity index (χ0v) is 50.7. The Balaban J connectivity index is 1.86. The lowest BCUT2D eigenvalue weighted by atomic mass is 9.96.